The van der Waals surface area contributed by atoms with Crippen molar-refractivity contribution in [2.24, 2.45) is 11.3 Å². The topological polar surface area (TPSA) is 29.1 Å². The summed E-state index contributed by atoms with van der Waals surface area (Å²) in [6, 6.07) is 8.02. The van der Waals surface area contributed by atoms with Gasteiger partial charge in [0.2, 0.25) is 5.91 Å². The Labute approximate surface area is 129 Å². The molecular formula is C16H22INO. The van der Waals surface area contributed by atoms with E-state index in [0.717, 1.165) is 28.5 Å². The van der Waals surface area contributed by atoms with Gasteiger partial charge in [0.1, 0.15) is 0 Å². The van der Waals surface area contributed by atoms with Crippen LogP contribution in [0.2, 0.25) is 0 Å². The van der Waals surface area contributed by atoms with E-state index in [0.29, 0.717) is 5.92 Å². The lowest BCUT2D eigenvalue weighted by molar-refractivity contribution is -0.126. The molecule has 0 saturated heterocycles. The first-order valence-corrected chi connectivity index (χ1v) is 8.17. The third-order valence-electron chi connectivity index (χ3n) is 3.92. The molecule has 2 nitrogen and oxygen atoms in total. The monoisotopic (exact) mass is 371 g/mol. The third kappa shape index (κ3) is 3.71. The molecule has 1 N–H and O–H groups in total. The highest BCUT2D eigenvalue weighted by Crippen LogP contribution is 2.44. The Morgan fingerprint density at radius 3 is 2.63 bits per heavy atom. The number of nitrogens with one attached hydrogen (secondary N) is 1. The number of carbonyl (C=O) groups is 1. The lowest BCUT2D eigenvalue weighted by atomic mass is 9.77. The maximum atomic E-state index is 12.7. The Morgan fingerprint density at radius 1 is 1.37 bits per heavy atom. The van der Waals surface area contributed by atoms with E-state index < -0.39 is 0 Å². The molecule has 1 aliphatic rings. The standard InChI is InChI=1S/C16H22INO/c1-12(2)11-16(8-3-4-9-16)15(19)18-14-7-5-6-13(17)10-14/h5-7,10,12H,3-4,8-9,11H2,1-2H3,(H,18,19). The van der Waals surface area contributed by atoms with Crippen molar-refractivity contribution in [3.63, 3.8) is 0 Å². The fraction of sp³-hybridized carbons (Fsp3) is 0.562. The van der Waals surface area contributed by atoms with Gasteiger partial charge < -0.3 is 5.32 Å². The zero-order chi connectivity index (χ0) is 13.9. The average molecular weight is 371 g/mol. The maximum absolute atomic E-state index is 12.7. The summed E-state index contributed by atoms with van der Waals surface area (Å²) in [7, 11) is 0. The minimum absolute atomic E-state index is 0.130. The third-order valence-corrected chi connectivity index (χ3v) is 4.59. The summed E-state index contributed by atoms with van der Waals surface area (Å²) in [5.41, 5.74) is 0.794. The van der Waals surface area contributed by atoms with Gasteiger partial charge in [0.15, 0.2) is 0 Å². The molecule has 1 amide bonds. The maximum Gasteiger partial charge on any atom is 0.230 e. The molecule has 0 spiro atoms. The van der Waals surface area contributed by atoms with E-state index in [9.17, 15) is 4.79 Å². The molecule has 1 saturated carbocycles. The van der Waals surface area contributed by atoms with Gasteiger partial charge in [-0.15, -0.1) is 0 Å². The van der Waals surface area contributed by atoms with Crippen molar-refractivity contribution in [3.8, 4) is 0 Å². The number of halogens is 1. The van der Waals surface area contributed by atoms with E-state index in [1.807, 2.05) is 24.3 Å². The first-order chi connectivity index (χ1) is 9.02. The number of benzene rings is 1. The number of anilines is 1. The van der Waals surface area contributed by atoms with Crippen LogP contribution in [0.5, 0.6) is 0 Å². The van der Waals surface area contributed by atoms with Gasteiger partial charge in [-0.05, 0) is 66.0 Å². The fourth-order valence-corrected chi connectivity index (χ4v) is 3.73. The van der Waals surface area contributed by atoms with Crippen molar-refractivity contribution >= 4 is 34.2 Å². The molecule has 19 heavy (non-hydrogen) atoms. The summed E-state index contributed by atoms with van der Waals surface area (Å²) >= 11 is 2.27. The Kier molecular flexibility index (Phi) is 4.87. The van der Waals surface area contributed by atoms with E-state index in [-0.39, 0.29) is 11.3 Å². The highest BCUT2D eigenvalue weighted by molar-refractivity contribution is 14.1. The van der Waals surface area contributed by atoms with E-state index in [1.54, 1.807) is 0 Å². The second-order valence-corrected chi connectivity index (χ2v) is 7.30. The van der Waals surface area contributed by atoms with Gasteiger partial charge in [0.25, 0.3) is 0 Å². The molecule has 104 valence electrons. The molecule has 0 aliphatic heterocycles. The summed E-state index contributed by atoms with van der Waals surface area (Å²) in [6.45, 7) is 4.41. The van der Waals surface area contributed by atoms with E-state index in [4.69, 9.17) is 0 Å². The van der Waals surface area contributed by atoms with Gasteiger partial charge >= 0.3 is 0 Å². The van der Waals surface area contributed by atoms with E-state index in [2.05, 4.69) is 41.8 Å². The molecule has 0 heterocycles. The summed E-state index contributed by atoms with van der Waals surface area (Å²) < 4.78 is 1.15. The highest BCUT2D eigenvalue weighted by Gasteiger charge is 2.41. The van der Waals surface area contributed by atoms with E-state index >= 15 is 0 Å². The number of carbonyl (C=O) groups excluding carboxylic acids is 1. The van der Waals surface area contributed by atoms with Gasteiger partial charge in [-0.1, -0.05) is 32.8 Å². The smallest absolute Gasteiger partial charge is 0.230 e. The minimum atomic E-state index is -0.130. The van der Waals surface area contributed by atoms with Crippen LogP contribution in [0.15, 0.2) is 24.3 Å². The molecule has 0 aromatic heterocycles. The number of amides is 1. The van der Waals surface area contributed by atoms with Gasteiger partial charge in [0, 0.05) is 14.7 Å². The van der Waals surface area contributed by atoms with Crippen LogP contribution in [0.3, 0.4) is 0 Å². The Morgan fingerprint density at radius 2 is 2.05 bits per heavy atom. The summed E-state index contributed by atoms with van der Waals surface area (Å²) in [6.07, 6.45) is 5.46. The van der Waals surface area contributed by atoms with Crippen LogP contribution in [-0.2, 0) is 4.79 Å². The second kappa shape index (κ2) is 6.25. The number of rotatable bonds is 4. The van der Waals surface area contributed by atoms with Crippen LogP contribution in [-0.4, -0.2) is 5.91 Å². The zero-order valence-electron chi connectivity index (χ0n) is 11.7. The SMILES string of the molecule is CC(C)CC1(C(=O)Nc2cccc(I)c2)CCCC1. The van der Waals surface area contributed by atoms with Crippen molar-refractivity contribution in [2.45, 2.75) is 46.0 Å². The molecule has 0 bridgehead atoms. The van der Waals surface area contributed by atoms with E-state index in [1.165, 1.54) is 12.8 Å². The Bertz CT molecular complexity index is 450. The summed E-state index contributed by atoms with van der Waals surface area (Å²) in [5, 5.41) is 3.13. The first-order valence-electron chi connectivity index (χ1n) is 7.09. The predicted octanol–water partition coefficient (Wildman–Crippen LogP) is 4.84. The fourth-order valence-electron chi connectivity index (χ4n) is 3.19. The number of hydrogen-bond acceptors (Lipinski definition) is 1. The van der Waals surface area contributed by atoms with Gasteiger partial charge in [0.05, 0.1) is 0 Å². The quantitative estimate of drug-likeness (QED) is 0.755. The van der Waals surface area contributed by atoms with Crippen LogP contribution in [0.1, 0.15) is 46.0 Å². The highest BCUT2D eigenvalue weighted by atomic mass is 127. The molecule has 2 rings (SSSR count). The van der Waals surface area contributed by atoms with Crippen LogP contribution in [0, 0.1) is 14.9 Å². The average Bonchev–Trinajstić information content (AvgIpc) is 2.78. The zero-order valence-corrected chi connectivity index (χ0v) is 13.9. The lowest BCUT2D eigenvalue weighted by Crippen LogP contribution is -2.35. The normalized spacial score (nSPS) is 17.7. The van der Waals surface area contributed by atoms with Crippen molar-refractivity contribution in [1.82, 2.24) is 0 Å². The molecule has 0 radical (unpaired) electrons. The lowest BCUT2D eigenvalue weighted by Gasteiger charge is -2.29. The summed E-state index contributed by atoms with van der Waals surface area (Å²) in [5.74, 6) is 0.792. The molecule has 3 heteroatoms. The van der Waals surface area contributed by atoms with Crippen LogP contribution < -0.4 is 5.32 Å². The molecule has 0 atom stereocenters. The molecular weight excluding hydrogens is 349 g/mol. The minimum Gasteiger partial charge on any atom is -0.326 e. The van der Waals surface area contributed by atoms with Crippen molar-refractivity contribution in [2.75, 3.05) is 5.32 Å². The van der Waals surface area contributed by atoms with Crippen LogP contribution in [0.4, 0.5) is 5.69 Å². The Balaban J connectivity index is 2.12. The molecule has 0 unspecified atom stereocenters. The Hall–Kier alpha value is -0.580. The second-order valence-electron chi connectivity index (χ2n) is 6.05. The van der Waals surface area contributed by atoms with Gasteiger partial charge in [-0.3, -0.25) is 4.79 Å². The molecule has 1 aliphatic carbocycles. The predicted molar refractivity (Wildman–Crippen MR) is 88.1 cm³/mol. The number of hydrogen-bond donors (Lipinski definition) is 1. The molecule has 1 aromatic carbocycles. The van der Waals surface area contributed by atoms with Crippen LogP contribution in [0.25, 0.3) is 0 Å². The van der Waals surface area contributed by atoms with Crippen molar-refractivity contribution in [1.29, 1.82) is 0 Å². The van der Waals surface area contributed by atoms with Crippen molar-refractivity contribution < 1.29 is 4.79 Å². The largest absolute Gasteiger partial charge is 0.326 e. The van der Waals surface area contributed by atoms with Gasteiger partial charge in [-0.2, -0.15) is 0 Å². The van der Waals surface area contributed by atoms with Crippen LogP contribution >= 0.6 is 22.6 Å². The summed E-state index contributed by atoms with van der Waals surface area (Å²) in [4.78, 5) is 12.7. The molecule has 1 aromatic rings. The van der Waals surface area contributed by atoms with Crippen molar-refractivity contribution in [3.05, 3.63) is 27.8 Å². The van der Waals surface area contributed by atoms with Gasteiger partial charge in [-0.25, -0.2) is 0 Å². The first kappa shape index (κ1) is 14.8. The molecule has 1 fully saturated rings.